The smallest absolute Gasteiger partial charge is 0.365 e. The van der Waals surface area contributed by atoms with Crippen molar-refractivity contribution in [1.29, 1.82) is 0 Å². The Morgan fingerprint density at radius 1 is 1.12 bits per heavy atom. The van der Waals surface area contributed by atoms with Crippen LogP contribution in [0.25, 0.3) is 0 Å². The number of hydrogen-bond acceptors (Lipinski definition) is 6. The van der Waals surface area contributed by atoms with E-state index in [1.54, 1.807) is 36.4 Å². The van der Waals surface area contributed by atoms with Crippen LogP contribution in [-0.2, 0) is 9.53 Å². The van der Waals surface area contributed by atoms with Crippen molar-refractivity contribution in [3.05, 3.63) is 77.4 Å². The van der Waals surface area contributed by atoms with Crippen LogP contribution in [0.2, 0.25) is 0 Å². The number of piperazine rings is 1. The standard InChI is InChI=1S/C26H26FN3O4/c1-33-18-8-6-7-17(15-18)24-28-21(26(32)34-24)16-29-13-14-30(23-12-5-4-11-22(23)29)25(31)19-9-2-3-10-20(19)27/h2-3,6-10,15-16,22-23H,4-5,11-14H2,1H3. The molecule has 34 heavy (non-hydrogen) atoms. The Morgan fingerprint density at radius 2 is 1.91 bits per heavy atom. The maximum atomic E-state index is 14.3. The third-order valence-corrected chi connectivity index (χ3v) is 6.71. The van der Waals surface area contributed by atoms with Gasteiger partial charge in [0, 0.05) is 30.9 Å². The Kier molecular flexibility index (Phi) is 6.04. The molecule has 1 saturated heterocycles. The molecule has 2 heterocycles. The lowest BCUT2D eigenvalue weighted by Gasteiger charge is -2.49. The Labute approximate surface area is 197 Å². The predicted octanol–water partition coefficient (Wildman–Crippen LogP) is 3.75. The van der Waals surface area contributed by atoms with Crippen molar-refractivity contribution in [2.45, 2.75) is 37.8 Å². The summed E-state index contributed by atoms with van der Waals surface area (Å²) in [6, 6.07) is 13.3. The normalized spacial score (nSPS) is 23.4. The molecule has 1 amide bonds. The van der Waals surface area contributed by atoms with Crippen LogP contribution in [0.4, 0.5) is 4.39 Å². The first-order valence-corrected chi connectivity index (χ1v) is 11.5. The Balaban J connectivity index is 1.39. The first-order valence-electron chi connectivity index (χ1n) is 11.5. The fourth-order valence-corrected chi connectivity index (χ4v) is 5.03. The summed E-state index contributed by atoms with van der Waals surface area (Å²) in [5.74, 6) is -0.397. The van der Waals surface area contributed by atoms with Gasteiger partial charge in [-0.25, -0.2) is 14.2 Å². The lowest BCUT2D eigenvalue weighted by atomic mass is 9.86. The van der Waals surface area contributed by atoms with E-state index in [4.69, 9.17) is 9.47 Å². The van der Waals surface area contributed by atoms with E-state index >= 15 is 0 Å². The second-order valence-corrected chi connectivity index (χ2v) is 8.69. The van der Waals surface area contributed by atoms with E-state index in [2.05, 4.69) is 9.89 Å². The molecule has 0 bridgehead atoms. The summed E-state index contributed by atoms with van der Waals surface area (Å²) in [5.41, 5.74) is 0.994. The van der Waals surface area contributed by atoms with Gasteiger partial charge in [0.05, 0.1) is 18.7 Å². The number of halogens is 1. The van der Waals surface area contributed by atoms with Gasteiger partial charge in [-0.15, -0.1) is 0 Å². The number of ether oxygens (including phenoxy) is 2. The number of amides is 1. The van der Waals surface area contributed by atoms with Gasteiger partial charge in [-0.3, -0.25) is 4.79 Å². The third-order valence-electron chi connectivity index (χ3n) is 6.71. The molecule has 7 nitrogen and oxygen atoms in total. The number of nitrogens with zero attached hydrogens (tertiary/aromatic N) is 3. The molecule has 3 aliphatic rings. The number of fused-ring (bicyclic) bond motifs is 1. The number of benzene rings is 2. The van der Waals surface area contributed by atoms with Gasteiger partial charge in [-0.1, -0.05) is 31.0 Å². The molecule has 0 radical (unpaired) electrons. The van der Waals surface area contributed by atoms with Gasteiger partial charge in [-0.2, -0.15) is 0 Å². The van der Waals surface area contributed by atoms with Crippen molar-refractivity contribution in [3.63, 3.8) is 0 Å². The molecule has 2 unspecified atom stereocenters. The Bertz CT molecular complexity index is 1180. The SMILES string of the molecule is COc1cccc(C2=NC(=CN3CCN(C(=O)c4ccccc4F)C4CCCCC43)C(=O)O2)c1. The summed E-state index contributed by atoms with van der Waals surface area (Å²) in [6.07, 6.45) is 5.52. The summed E-state index contributed by atoms with van der Waals surface area (Å²) in [4.78, 5) is 34.1. The minimum absolute atomic E-state index is 0.0367. The molecule has 0 N–H and O–H groups in total. The molecule has 0 spiro atoms. The van der Waals surface area contributed by atoms with Gasteiger partial charge in [0.2, 0.25) is 5.90 Å². The molecule has 2 aliphatic heterocycles. The van der Waals surface area contributed by atoms with E-state index in [1.807, 2.05) is 18.2 Å². The zero-order valence-electron chi connectivity index (χ0n) is 18.9. The van der Waals surface area contributed by atoms with Gasteiger partial charge in [-0.05, 0) is 43.2 Å². The van der Waals surface area contributed by atoms with Crippen LogP contribution >= 0.6 is 0 Å². The van der Waals surface area contributed by atoms with E-state index in [-0.39, 0.29) is 35.1 Å². The molecule has 2 aromatic carbocycles. The van der Waals surface area contributed by atoms with Gasteiger partial charge in [0.25, 0.3) is 5.91 Å². The average molecular weight is 464 g/mol. The number of hydrogen-bond donors (Lipinski definition) is 0. The number of carbonyl (C=O) groups excluding carboxylic acids is 2. The van der Waals surface area contributed by atoms with Crippen LogP contribution in [-0.4, -0.2) is 59.9 Å². The number of carbonyl (C=O) groups is 2. The van der Waals surface area contributed by atoms with E-state index in [1.165, 1.54) is 12.1 Å². The molecule has 0 aromatic heterocycles. The van der Waals surface area contributed by atoms with Gasteiger partial charge < -0.3 is 19.3 Å². The van der Waals surface area contributed by atoms with E-state index in [0.29, 0.717) is 24.4 Å². The van der Waals surface area contributed by atoms with Crippen LogP contribution in [0, 0.1) is 5.82 Å². The maximum absolute atomic E-state index is 14.3. The summed E-state index contributed by atoms with van der Waals surface area (Å²) < 4.78 is 25.0. The molecule has 2 aromatic rings. The summed E-state index contributed by atoms with van der Waals surface area (Å²) in [7, 11) is 1.57. The van der Waals surface area contributed by atoms with Crippen LogP contribution in [0.1, 0.15) is 41.6 Å². The lowest BCUT2D eigenvalue weighted by molar-refractivity contribution is -0.130. The number of esters is 1. The van der Waals surface area contributed by atoms with Crippen LogP contribution < -0.4 is 4.74 Å². The van der Waals surface area contributed by atoms with Crippen molar-refractivity contribution in [1.82, 2.24) is 9.80 Å². The monoisotopic (exact) mass is 463 g/mol. The van der Waals surface area contributed by atoms with Crippen molar-refractivity contribution >= 4 is 17.8 Å². The molecular weight excluding hydrogens is 437 g/mol. The van der Waals surface area contributed by atoms with Gasteiger partial charge in [0.1, 0.15) is 11.6 Å². The highest BCUT2D eigenvalue weighted by Crippen LogP contribution is 2.33. The van der Waals surface area contributed by atoms with E-state index in [9.17, 15) is 14.0 Å². The molecule has 2 fully saturated rings. The van der Waals surface area contributed by atoms with Gasteiger partial charge in [0.15, 0.2) is 5.70 Å². The van der Waals surface area contributed by atoms with Crippen molar-refractivity contribution in [2.75, 3.05) is 20.2 Å². The molecule has 176 valence electrons. The summed E-state index contributed by atoms with van der Waals surface area (Å²) in [6.45, 7) is 0.974. The largest absolute Gasteiger partial charge is 0.497 e. The molecule has 1 saturated carbocycles. The minimum Gasteiger partial charge on any atom is -0.497 e. The lowest BCUT2D eigenvalue weighted by Crippen LogP contribution is -2.60. The van der Waals surface area contributed by atoms with Crippen LogP contribution in [0.5, 0.6) is 5.75 Å². The zero-order chi connectivity index (χ0) is 23.7. The fraction of sp³-hybridized carbons (Fsp3) is 0.346. The highest BCUT2D eigenvalue weighted by Gasteiger charge is 2.40. The molecular formula is C26H26FN3O4. The van der Waals surface area contributed by atoms with Crippen molar-refractivity contribution in [2.24, 2.45) is 4.99 Å². The van der Waals surface area contributed by atoms with Crippen LogP contribution in [0.3, 0.4) is 0 Å². The number of aliphatic imine (C=N–C) groups is 1. The van der Waals surface area contributed by atoms with E-state index in [0.717, 1.165) is 25.7 Å². The number of cyclic esters (lactones) is 1. The van der Waals surface area contributed by atoms with Gasteiger partial charge >= 0.3 is 5.97 Å². The molecule has 8 heteroatoms. The quantitative estimate of drug-likeness (QED) is 0.510. The summed E-state index contributed by atoms with van der Waals surface area (Å²) in [5, 5.41) is 0. The Hall–Kier alpha value is -3.68. The Morgan fingerprint density at radius 3 is 2.71 bits per heavy atom. The summed E-state index contributed by atoms with van der Waals surface area (Å²) >= 11 is 0. The maximum Gasteiger partial charge on any atom is 0.365 e. The highest BCUT2D eigenvalue weighted by atomic mass is 19.1. The first kappa shape index (κ1) is 22.1. The second kappa shape index (κ2) is 9.29. The zero-order valence-corrected chi connectivity index (χ0v) is 18.9. The van der Waals surface area contributed by atoms with Crippen LogP contribution in [0.15, 0.2) is 65.4 Å². The topological polar surface area (TPSA) is 71.4 Å². The minimum atomic E-state index is -0.505. The fourth-order valence-electron chi connectivity index (χ4n) is 5.03. The highest BCUT2D eigenvalue weighted by molar-refractivity contribution is 6.11. The van der Waals surface area contributed by atoms with Crippen molar-refractivity contribution in [3.8, 4) is 5.75 Å². The second-order valence-electron chi connectivity index (χ2n) is 8.69. The number of rotatable bonds is 4. The predicted molar refractivity (Wildman–Crippen MR) is 124 cm³/mol. The number of methoxy groups -OCH3 is 1. The average Bonchev–Trinajstić information content (AvgIpc) is 3.24. The van der Waals surface area contributed by atoms with E-state index < -0.39 is 11.8 Å². The van der Waals surface area contributed by atoms with Crippen molar-refractivity contribution < 1.29 is 23.5 Å². The third kappa shape index (κ3) is 4.16. The molecule has 1 aliphatic carbocycles. The molecule has 2 atom stereocenters. The molecule has 5 rings (SSSR count). The first-order chi connectivity index (χ1) is 16.5.